The van der Waals surface area contributed by atoms with E-state index in [9.17, 15) is 4.79 Å². The lowest BCUT2D eigenvalue weighted by Crippen LogP contribution is -2.03. The predicted molar refractivity (Wildman–Crippen MR) is 67.7 cm³/mol. The van der Waals surface area contributed by atoms with Gasteiger partial charge in [-0.3, -0.25) is 9.36 Å². The Labute approximate surface area is 100 Å². The molecule has 0 aliphatic heterocycles. The molecule has 1 aromatic heterocycles. The molecule has 0 aliphatic carbocycles. The van der Waals surface area contributed by atoms with E-state index < -0.39 is 0 Å². The van der Waals surface area contributed by atoms with E-state index in [2.05, 4.69) is 24.0 Å². The van der Waals surface area contributed by atoms with Crippen molar-refractivity contribution < 1.29 is 4.79 Å². The van der Waals surface area contributed by atoms with Gasteiger partial charge in [-0.1, -0.05) is 31.2 Å². The van der Waals surface area contributed by atoms with Crippen LogP contribution >= 0.6 is 0 Å². The molecule has 3 heteroatoms. The molecule has 1 aromatic carbocycles. The lowest BCUT2D eigenvalue weighted by atomic mass is 10.1. The van der Waals surface area contributed by atoms with Gasteiger partial charge in [0.05, 0.1) is 0 Å². The molecule has 0 amide bonds. The smallest absolute Gasteiger partial charge is 0.255 e. The van der Waals surface area contributed by atoms with Crippen LogP contribution in [0, 0.1) is 0 Å². The first kappa shape index (κ1) is 11.3. The number of hydrogen-bond donors (Lipinski definition) is 0. The van der Waals surface area contributed by atoms with Gasteiger partial charge in [0.2, 0.25) is 0 Å². The molecule has 0 saturated heterocycles. The Bertz CT molecular complexity index is 510. The second-order valence-electron chi connectivity index (χ2n) is 3.74. The van der Waals surface area contributed by atoms with Gasteiger partial charge >= 0.3 is 0 Å². The minimum absolute atomic E-state index is 0.0953. The molecular formula is C14H14N2O. The molecule has 0 spiro atoms. The van der Waals surface area contributed by atoms with E-state index in [0.29, 0.717) is 0 Å². The largest absolute Gasteiger partial charge is 0.273 e. The van der Waals surface area contributed by atoms with Crippen LogP contribution in [0.2, 0.25) is 0 Å². The molecular weight excluding hydrogens is 212 g/mol. The number of benzene rings is 1. The van der Waals surface area contributed by atoms with Gasteiger partial charge in [0.1, 0.15) is 6.33 Å². The summed E-state index contributed by atoms with van der Waals surface area (Å²) in [5.41, 5.74) is 2.32. The molecule has 1 heterocycles. The third-order valence-electron chi connectivity index (χ3n) is 2.57. The molecule has 0 fully saturated rings. The van der Waals surface area contributed by atoms with Crippen LogP contribution in [0.5, 0.6) is 0 Å². The van der Waals surface area contributed by atoms with Crippen molar-refractivity contribution in [2.24, 2.45) is 0 Å². The maximum atomic E-state index is 11.6. The second kappa shape index (κ2) is 5.25. The summed E-state index contributed by atoms with van der Waals surface area (Å²) >= 11 is 0. The lowest BCUT2D eigenvalue weighted by molar-refractivity contribution is 0.0969. The van der Waals surface area contributed by atoms with Crippen molar-refractivity contribution in [2.75, 3.05) is 0 Å². The zero-order valence-corrected chi connectivity index (χ0v) is 9.71. The normalized spacial score (nSPS) is 10.9. The maximum Gasteiger partial charge on any atom is 0.255 e. The Kier molecular flexibility index (Phi) is 3.50. The first-order valence-corrected chi connectivity index (χ1v) is 5.59. The Morgan fingerprint density at radius 1 is 1.35 bits per heavy atom. The predicted octanol–water partition coefficient (Wildman–Crippen LogP) is 2.80. The van der Waals surface area contributed by atoms with Crippen molar-refractivity contribution in [3.63, 3.8) is 0 Å². The van der Waals surface area contributed by atoms with Gasteiger partial charge in [0.25, 0.3) is 5.91 Å². The van der Waals surface area contributed by atoms with Gasteiger partial charge in [-0.05, 0) is 23.6 Å². The monoisotopic (exact) mass is 226 g/mol. The van der Waals surface area contributed by atoms with Gasteiger partial charge in [-0.15, -0.1) is 0 Å². The number of aryl methyl sites for hydroxylation is 1. The van der Waals surface area contributed by atoms with E-state index >= 15 is 0 Å². The molecule has 0 saturated carbocycles. The number of carbonyl (C=O) groups excluding carboxylic acids is 1. The zero-order valence-electron chi connectivity index (χ0n) is 9.71. The fourth-order valence-corrected chi connectivity index (χ4v) is 1.51. The van der Waals surface area contributed by atoms with Gasteiger partial charge in [-0.25, -0.2) is 4.98 Å². The molecule has 0 N–H and O–H groups in total. The second-order valence-corrected chi connectivity index (χ2v) is 3.74. The Balaban J connectivity index is 2.07. The molecule has 2 rings (SSSR count). The zero-order chi connectivity index (χ0) is 12.1. The average molecular weight is 226 g/mol. The minimum Gasteiger partial charge on any atom is -0.273 e. The van der Waals surface area contributed by atoms with Gasteiger partial charge in [0, 0.05) is 18.5 Å². The number of imidazole rings is 1. The van der Waals surface area contributed by atoms with Crippen LogP contribution in [0.25, 0.3) is 6.08 Å². The van der Waals surface area contributed by atoms with Crippen LogP contribution in [-0.2, 0) is 6.42 Å². The highest BCUT2D eigenvalue weighted by Crippen LogP contribution is 2.06. The van der Waals surface area contributed by atoms with E-state index in [-0.39, 0.29) is 5.91 Å². The summed E-state index contributed by atoms with van der Waals surface area (Å²) < 4.78 is 1.44. The molecule has 2 aromatic rings. The van der Waals surface area contributed by atoms with Crippen LogP contribution in [0.3, 0.4) is 0 Å². The number of nitrogens with zero attached hydrogens (tertiary/aromatic N) is 2. The maximum absolute atomic E-state index is 11.6. The Morgan fingerprint density at radius 3 is 2.71 bits per heavy atom. The summed E-state index contributed by atoms with van der Waals surface area (Å²) in [7, 11) is 0. The van der Waals surface area contributed by atoms with E-state index in [0.717, 1.165) is 12.0 Å². The van der Waals surface area contributed by atoms with Gasteiger partial charge in [0.15, 0.2) is 0 Å². The molecule has 86 valence electrons. The minimum atomic E-state index is -0.0953. The number of hydrogen-bond acceptors (Lipinski definition) is 2. The molecule has 0 bridgehead atoms. The topological polar surface area (TPSA) is 34.9 Å². The van der Waals surface area contributed by atoms with E-state index in [4.69, 9.17) is 0 Å². The van der Waals surface area contributed by atoms with Crippen LogP contribution in [-0.4, -0.2) is 15.5 Å². The lowest BCUT2D eigenvalue weighted by Gasteiger charge is -1.97. The molecule has 0 radical (unpaired) electrons. The molecule has 17 heavy (non-hydrogen) atoms. The quantitative estimate of drug-likeness (QED) is 0.754. The Morgan fingerprint density at radius 2 is 2.12 bits per heavy atom. The first-order valence-electron chi connectivity index (χ1n) is 5.59. The molecule has 0 atom stereocenters. The van der Waals surface area contributed by atoms with Crippen molar-refractivity contribution in [2.45, 2.75) is 13.3 Å². The summed E-state index contributed by atoms with van der Waals surface area (Å²) in [5, 5.41) is 0. The third kappa shape index (κ3) is 2.91. The van der Waals surface area contributed by atoms with Crippen molar-refractivity contribution in [3.8, 4) is 0 Å². The molecule has 3 nitrogen and oxygen atoms in total. The summed E-state index contributed by atoms with van der Waals surface area (Å²) in [6.45, 7) is 2.12. The summed E-state index contributed by atoms with van der Waals surface area (Å²) in [6, 6.07) is 8.16. The van der Waals surface area contributed by atoms with Crippen molar-refractivity contribution in [1.82, 2.24) is 9.55 Å². The highest BCUT2D eigenvalue weighted by atomic mass is 16.1. The highest BCUT2D eigenvalue weighted by molar-refractivity contribution is 5.93. The van der Waals surface area contributed by atoms with Gasteiger partial charge in [-0.2, -0.15) is 0 Å². The number of allylic oxidation sites excluding steroid dienone is 1. The summed E-state index contributed by atoms with van der Waals surface area (Å²) in [4.78, 5) is 15.5. The number of rotatable bonds is 3. The summed E-state index contributed by atoms with van der Waals surface area (Å²) in [6.07, 6.45) is 9.09. The van der Waals surface area contributed by atoms with Crippen LogP contribution in [0.15, 0.2) is 49.1 Å². The average Bonchev–Trinajstić information content (AvgIpc) is 2.90. The standard InChI is InChI=1S/C14H14N2O/c1-2-12-3-5-13(6-4-12)7-8-14(17)16-10-9-15-11-16/h3-11H,2H2,1H3/b8-7+. The molecule has 0 aliphatic rings. The number of aromatic nitrogens is 2. The van der Waals surface area contributed by atoms with Crippen LogP contribution < -0.4 is 0 Å². The van der Waals surface area contributed by atoms with E-state index in [1.165, 1.54) is 16.5 Å². The number of carbonyl (C=O) groups is 1. The fraction of sp³-hybridized carbons (Fsp3) is 0.143. The van der Waals surface area contributed by atoms with E-state index in [1.54, 1.807) is 18.5 Å². The van der Waals surface area contributed by atoms with Crippen molar-refractivity contribution in [1.29, 1.82) is 0 Å². The van der Waals surface area contributed by atoms with Crippen LogP contribution in [0.1, 0.15) is 22.8 Å². The first-order chi connectivity index (χ1) is 8.29. The Hall–Kier alpha value is -2.16. The van der Waals surface area contributed by atoms with Crippen molar-refractivity contribution >= 4 is 12.0 Å². The highest BCUT2D eigenvalue weighted by Gasteiger charge is 1.97. The SMILES string of the molecule is CCc1ccc(/C=C/C(=O)n2ccnc2)cc1. The summed E-state index contributed by atoms with van der Waals surface area (Å²) in [5.74, 6) is -0.0953. The third-order valence-corrected chi connectivity index (χ3v) is 2.57. The fourth-order valence-electron chi connectivity index (χ4n) is 1.51. The van der Waals surface area contributed by atoms with Crippen LogP contribution in [0.4, 0.5) is 0 Å². The van der Waals surface area contributed by atoms with Crippen molar-refractivity contribution in [3.05, 3.63) is 60.2 Å². The molecule has 0 unspecified atom stereocenters. The van der Waals surface area contributed by atoms with Gasteiger partial charge < -0.3 is 0 Å². The van der Waals surface area contributed by atoms with E-state index in [1.807, 2.05) is 18.2 Å².